The van der Waals surface area contributed by atoms with Crippen LogP contribution >= 0.6 is 0 Å². The number of allylic oxidation sites excluding steroid dienone is 22. The van der Waals surface area contributed by atoms with Gasteiger partial charge in [0.15, 0.2) is 6.10 Å². The zero-order valence-corrected chi connectivity index (χ0v) is 54.2. The van der Waals surface area contributed by atoms with Gasteiger partial charge in [0, 0.05) is 19.3 Å². The molecule has 0 heterocycles. The van der Waals surface area contributed by atoms with Crippen molar-refractivity contribution in [2.24, 2.45) is 0 Å². The number of hydrogen-bond acceptors (Lipinski definition) is 6. The fourth-order valence-electron chi connectivity index (χ4n) is 9.53. The standard InChI is InChI=1S/C77H128O6/c1-4-7-10-13-16-19-22-25-27-29-31-33-35-36-37-38-39-40-42-43-45-47-49-52-55-58-61-64-67-70-76(79)82-73-74(72-81-75(78)69-66-63-60-57-54-51-24-21-18-15-12-9-6-3)83-77(80)71-68-65-62-59-56-53-50-48-46-44-41-34-32-30-28-26-23-20-17-14-11-8-5-2/h7-8,10-11,16-17,19-20,25-28,31-34,36-37,39-40,44,46,74H,4-6,9,12-15,18,21-24,29-30,35,38,41-43,45,47-73H2,1-3H3/b10-7-,11-8-,19-16-,20-17-,27-25-,28-26-,33-31-,34-32-,37-36-,40-39-,46-44-. The van der Waals surface area contributed by atoms with E-state index in [-0.39, 0.29) is 31.1 Å². The number of hydrogen-bond donors (Lipinski definition) is 0. The van der Waals surface area contributed by atoms with E-state index in [2.05, 4.69) is 154 Å². The second kappa shape index (κ2) is 70.0. The molecule has 1 unspecified atom stereocenters. The van der Waals surface area contributed by atoms with Crippen LogP contribution in [-0.4, -0.2) is 37.2 Å². The van der Waals surface area contributed by atoms with E-state index in [1.54, 1.807) is 0 Å². The first-order chi connectivity index (χ1) is 41.0. The summed E-state index contributed by atoms with van der Waals surface area (Å²) >= 11 is 0. The first-order valence-corrected chi connectivity index (χ1v) is 34.7. The molecular formula is C77H128O6. The van der Waals surface area contributed by atoms with Crippen LogP contribution in [0.5, 0.6) is 0 Å². The highest BCUT2D eigenvalue weighted by molar-refractivity contribution is 5.71. The van der Waals surface area contributed by atoms with Crippen LogP contribution in [-0.2, 0) is 28.6 Å². The molecule has 1 atom stereocenters. The van der Waals surface area contributed by atoms with Crippen molar-refractivity contribution in [3.8, 4) is 0 Å². The van der Waals surface area contributed by atoms with E-state index in [1.165, 1.54) is 141 Å². The van der Waals surface area contributed by atoms with Gasteiger partial charge < -0.3 is 14.2 Å². The smallest absolute Gasteiger partial charge is 0.306 e. The number of rotatable bonds is 62. The van der Waals surface area contributed by atoms with Crippen LogP contribution in [0.1, 0.15) is 316 Å². The van der Waals surface area contributed by atoms with E-state index in [0.717, 1.165) is 135 Å². The lowest BCUT2D eigenvalue weighted by Crippen LogP contribution is -2.30. The highest BCUT2D eigenvalue weighted by atomic mass is 16.6. The Morgan fingerprint density at radius 2 is 0.470 bits per heavy atom. The molecule has 0 amide bonds. The fraction of sp³-hybridized carbons (Fsp3) is 0.675. The van der Waals surface area contributed by atoms with Crippen LogP contribution in [0.25, 0.3) is 0 Å². The summed E-state index contributed by atoms with van der Waals surface area (Å²) < 4.78 is 17.0. The fourth-order valence-corrected chi connectivity index (χ4v) is 9.53. The summed E-state index contributed by atoms with van der Waals surface area (Å²) in [5, 5.41) is 0. The molecule has 0 saturated heterocycles. The Hall–Kier alpha value is -4.45. The first-order valence-electron chi connectivity index (χ1n) is 34.7. The summed E-state index contributed by atoms with van der Waals surface area (Å²) in [6.07, 6.45) is 98.9. The molecule has 0 fully saturated rings. The molecule has 0 aromatic heterocycles. The van der Waals surface area contributed by atoms with E-state index in [1.807, 2.05) is 0 Å². The zero-order chi connectivity index (χ0) is 59.9. The average molecular weight is 1150 g/mol. The van der Waals surface area contributed by atoms with Crippen molar-refractivity contribution in [2.75, 3.05) is 13.2 Å². The van der Waals surface area contributed by atoms with Crippen molar-refractivity contribution in [3.63, 3.8) is 0 Å². The molecule has 0 aliphatic rings. The van der Waals surface area contributed by atoms with Gasteiger partial charge in [-0.2, -0.15) is 0 Å². The Bertz CT molecular complexity index is 1750. The quantitative estimate of drug-likeness (QED) is 0.0261. The Balaban J connectivity index is 4.34. The van der Waals surface area contributed by atoms with Crippen LogP contribution in [0.4, 0.5) is 0 Å². The van der Waals surface area contributed by atoms with E-state index in [4.69, 9.17) is 14.2 Å². The molecule has 0 aromatic rings. The second-order valence-electron chi connectivity index (χ2n) is 22.7. The van der Waals surface area contributed by atoms with Crippen molar-refractivity contribution in [3.05, 3.63) is 134 Å². The summed E-state index contributed by atoms with van der Waals surface area (Å²) in [7, 11) is 0. The molecular weight excluding hydrogens is 1020 g/mol. The Morgan fingerprint density at radius 3 is 0.735 bits per heavy atom. The number of carbonyl (C=O) groups excluding carboxylic acids is 3. The summed E-state index contributed by atoms with van der Waals surface area (Å²) in [5.74, 6) is -0.891. The molecule has 0 N–H and O–H groups in total. The molecule has 0 bridgehead atoms. The van der Waals surface area contributed by atoms with E-state index >= 15 is 0 Å². The summed E-state index contributed by atoms with van der Waals surface area (Å²) in [6, 6.07) is 0. The molecule has 0 rings (SSSR count). The Kier molecular flexibility index (Phi) is 66.3. The molecule has 83 heavy (non-hydrogen) atoms. The highest BCUT2D eigenvalue weighted by Crippen LogP contribution is 2.16. The molecule has 0 saturated carbocycles. The predicted octanol–water partition coefficient (Wildman–Crippen LogP) is 24.1. The monoisotopic (exact) mass is 1150 g/mol. The van der Waals surface area contributed by atoms with Gasteiger partial charge >= 0.3 is 17.9 Å². The number of unbranched alkanes of at least 4 members (excludes halogenated alkanes) is 29. The topological polar surface area (TPSA) is 78.9 Å². The second-order valence-corrected chi connectivity index (χ2v) is 22.7. The lowest BCUT2D eigenvalue weighted by molar-refractivity contribution is -0.167. The Labute approximate surface area is 513 Å². The third-order valence-corrected chi connectivity index (χ3v) is 14.7. The third kappa shape index (κ3) is 68.2. The van der Waals surface area contributed by atoms with E-state index in [9.17, 15) is 14.4 Å². The summed E-state index contributed by atoms with van der Waals surface area (Å²) in [6.45, 7) is 6.42. The van der Waals surface area contributed by atoms with Crippen molar-refractivity contribution >= 4 is 17.9 Å². The van der Waals surface area contributed by atoms with Gasteiger partial charge in [0.25, 0.3) is 0 Å². The summed E-state index contributed by atoms with van der Waals surface area (Å²) in [4.78, 5) is 38.4. The number of esters is 3. The van der Waals surface area contributed by atoms with Crippen LogP contribution in [0, 0.1) is 0 Å². The van der Waals surface area contributed by atoms with Gasteiger partial charge in [0.05, 0.1) is 0 Å². The van der Waals surface area contributed by atoms with Gasteiger partial charge in [0.2, 0.25) is 0 Å². The van der Waals surface area contributed by atoms with E-state index in [0.29, 0.717) is 19.3 Å². The molecule has 6 heteroatoms. The van der Waals surface area contributed by atoms with Gasteiger partial charge in [-0.15, -0.1) is 0 Å². The van der Waals surface area contributed by atoms with Gasteiger partial charge in [-0.1, -0.05) is 315 Å². The lowest BCUT2D eigenvalue weighted by atomic mass is 10.0. The molecule has 472 valence electrons. The maximum atomic E-state index is 12.9. The van der Waals surface area contributed by atoms with Gasteiger partial charge in [-0.3, -0.25) is 14.4 Å². The predicted molar refractivity (Wildman–Crippen MR) is 362 cm³/mol. The van der Waals surface area contributed by atoms with Crippen molar-refractivity contribution < 1.29 is 28.6 Å². The van der Waals surface area contributed by atoms with Crippen molar-refractivity contribution in [1.29, 1.82) is 0 Å². The lowest BCUT2D eigenvalue weighted by Gasteiger charge is -2.18. The number of carbonyl (C=O) groups is 3. The van der Waals surface area contributed by atoms with Gasteiger partial charge in [0.1, 0.15) is 13.2 Å². The van der Waals surface area contributed by atoms with Crippen molar-refractivity contribution in [1.82, 2.24) is 0 Å². The molecule has 0 spiro atoms. The van der Waals surface area contributed by atoms with Gasteiger partial charge in [-0.25, -0.2) is 0 Å². The minimum atomic E-state index is -0.790. The summed E-state index contributed by atoms with van der Waals surface area (Å²) in [5.41, 5.74) is 0. The maximum absolute atomic E-state index is 12.9. The molecule has 6 nitrogen and oxygen atoms in total. The van der Waals surface area contributed by atoms with Crippen LogP contribution in [0.2, 0.25) is 0 Å². The minimum Gasteiger partial charge on any atom is -0.462 e. The van der Waals surface area contributed by atoms with Gasteiger partial charge in [-0.05, 0) is 116 Å². The van der Waals surface area contributed by atoms with E-state index < -0.39 is 6.10 Å². The number of ether oxygens (including phenoxy) is 3. The minimum absolute atomic E-state index is 0.0839. The maximum Gasteiger partial charge on any atom is 0.306 e. The molecule has 0 aliphatic carbocycles. The largest absolute Gasteiger partial charge is 0.462 e. The molecule has 0 aliphatic heterocycles. The van der Waals surface area contributed by atoms with Crippen molar-refractivity contribution in [2.45, 2.75) is 322 Å². The van der Waals surface area contributed by atoms with Crippen LogP contribution in [0.15, 0.2) is 134 Å². The first kappa shape index (κ1) is 78.5. The highest BCUT2D eigenvalue weighted by Gasteiger charge is 2.19. The average Bonchev–Trinajstić information content (AvgIpc) is 3.49. The third-order valence-electron chi connectivity index (χ3n) is 14.7. The normalized spacial score (nSPS) is 13.0. The Morgan fingerprint density at radius 1 is 0.253 bits per heavy atom. The zero-order valence-electron chi connectivity index (χ0n) is 54.2. The van der Waals surface area contributed by atoms with Crippen LogP contribution < -0.4 is 0 Å². The molecule has 0 radical (unpaired) electrons. The van der Waals surface area contributed by atoms with Crippen LogP contribution in [0.3, 0.4) is 0 Å². The molecule has 0 aromatic carbocycles. The SMILES string of the molecule is CC/C=C\C/C=C\C/C=C\C/C=C\C/C=C\C/C=C\CCCCCCCCCCCCC(=O)OCC(COC(=O)CCCCCCCCCCCCCCC)OC(=O)CCCCCCCCC/C=C\C/C=C\C/C=C\C/C=C\C/C=C\CC.